The minimum absolute atomic E-state index is 0.449. The molecule has 0 bridgehead atoms. The van der Waals surface area contributed by atoms with Crippen LogP contribution in [-0.2, 0) is 14.7 Å². The third-order valence-electron chi connectivity index (χ3n) is 8.65. The molecule has 37 heavy (non-hydrogen) atoms. The van der Waals surface area contributed by atoms with E-state index >= 15 is 0 Å². The summed E-state index contributed by atoms with van der Waals surface area (Å²) in [4.78, 5) is 0. The normalized spacial score (nSPS) is 21.4. The molecule has 4 nitrogen and oxygen atoms in total. The minimum atomic E-state index is -0.636. The quantitative estimate of drug-likeness (QED) is 0.257. The molecule has 1 atom stereocenters. The van der Waals surface area contributed by atoms with Gasteiger partial charge < -0.3 is 14.0 Å². The third-order valence-corrected chi connectivity index (χ3v) is 8.65. The molecule has 5 heteroatoms. The summed E-state index contributed by atoms with van der Waals surface area (Å²) in [5.41, 5.74) is 6.64. The predicted octanol–water partition coefficient (Wildman–Crippen LogP) is 6.33. The van der Waals surface area contributed by atoms with E-state index in [4.69, 9.17) is 14.0 Å². The first-order chi connectivity index (χ1) is 17.8. The molecule has 7 rings (SSSR count). The summed E-state index contributed by atoms with van der Waals surface area (Å²) in [6, 6.07) is 31.4. The number of nitriles is 1. The zero-order valence-electron chi connectivity index (χ0n) is 21.3. The van der Waals surface area contributed by atoms with E-state index in [0.717, 1.165) is 39.0 Å². The fraction of sp³-hybridized carbons (Fsp3) is 0.219. The Morgan fingerprint density at radius 2 is 1.30 bits per heavy atom. The van der Waals surface area contributed by atoms with Crippen molar-refractivity contribution in [2.45, 2.75) is 44.3 Å². The van der Waals surface area contributed by atoms with E-state index in [-0.39, 0.29) is 0 Å². The summed E-state index contributed by atoms with van der Waals surface area (Å²) >= 11 is 0. The van der Waals surface area contributed by atoms with Crippen molar-refractivity contribution in [1.82, 2.24) is 0 Å². The lowest BCUT2D eigenvalue weighted by atomic mass is 9.65. The zero-order valence-corrected chi connectivity index (χ0v) is 21.3. The Morgan fingerprint density at radius 3 is 2.05 bits per heavy atom. The first-order valence-electron chi connectivity index (χ1n) is 12.7. The predicted molar refractivity (Wildman–Crippen MR) is 144 cm³/mol. The van der Waals surface area contributed by atoms with Gasteiger partial charge in [0.25, 0.3) is 0 Å². The van der Waals surface area contributed by atoms with Crippen molar-refractivity contribution in [1.29, 1.82) is 5.26 Å². The van der Waals surface area contributed by atoms with Crippen LogP contribution in [0.4, 0.5) is 0 Å². The van der Waals surface area contributed by atoms with Gasteiger partial charge in [-0.15, -0.1) is 0 Å². The van der Waals surface area contributed by atoms with E-state index < -0.39 is 23.7 Å². The van der Waals surface area contributed by atoms with Crippen LogP contribution in [0.2, 0.25) is 0 Å². The molecule has 4 aromatic rings. The highest BCUT2D eigenvalue weighted by Crippen LogP contribution is 2.62. The number of fused-ring (bicyclic) bond motifs is 9. The van der Waals surface area contributed by atoms with Gasteiger partial charge in [-0.25, -0.2) is 0 Å². The van der Waals surface area contributed by atoms with Crippen LogP contribution in [0.15, 0.2) is 84.9 Å². The zero-order chi connectivity index (χ0) is 25.6. The molecule has 0 saturated carbocycles. The highest BCUT2D eigenvalue weighted by molar-refractivity contribution is 6.64. The summed E-state index contributed by atoms with van der Waals surface area (Å²) in [5.74, 6) is 1.38. The number of benzene rings is 4. The van der Waals surface area contributed by atoms with E-state index in [9.17, 15) is 5.26 Å². The average molecular weight is 483 g/mol. The molecule has 0 N–H and O–H groups in total. The third kappa shape index (κ3) is 2.75. The van der Waals surface area contributed by atoms with Gasteiger partial charge in [-0.3, -0.25) is 0 Å². The van der Waals surface area contributed by atoms with E-state index in [2.05, 4.69) is 94.4 Å². The average Bonchev–Trinajstić information content (AvgIpc) is 3.31. The van der Waals surface area contributed by atoms with Crippen molar-refractivity contribution in [2.75, 3.05) is 0 Å². The molecule has 4 aromatic carbocycles. The van der Waals surface area contributed by atoms with Gasteiger partial charge in [0.15, 0.2) is 0 Å². The lowest BCUT2D eigenvalue weighted by Crippen LogP contribution is -2.41. The van der Waals surface area contributed by atoms with Crippen LogP contribution in [0.25, 0.3) is 11.1 Å². The summed E-state index contributed by atoms with van der Waals surface area (Å²) in [6.45, 7) is 8.33. The molecule has 0 aromatic heterocycles. The van der Waals surface area contributed by atoms with Gasteiger partial charge in [0, 0.05) is 11.1 Å². The van der Waals surface area contributed by atoms with Crippen LogP contribution >= 0.6 is 0 Å². The van der Waals surface area contributed by atoms with Gasteiger partial charge in [-0.05, 0) is 67.5 Å². The van der Waals surface area contributed by atoms with Crippen LogP contribution in [0.3, 0.4) is 0 Å². The molecule has 3 aliphatic rings. The van der Waals surface area contributed by atoms with Crippen LogP contribution in [0.1, 0.15) is 55.5 Å². The lowest BCUT2D eigenvalue weighted by molar-refractivity contribution is 0.00578. The molecule has 1 aliphatic carbocycles. The first-order valence-corrected chi connectivity index (χ1v) is 12.7. The van der Waals surface area contributed by atoms with E-state index in [0.29, 0.717) is 11.3 Å². The number of hydrogen-bond acceptors (Lipinski definition) is 4. The Balaban J connectivity index is 1.59. The molecule has 2 aliphatic heterocycles. The van der Waals surface area contributed by atoms with Crippen molar-refractivity contribution >= 4 is 12.6 Å². The van der Waals surface area contributed by atoms with Crippen LogP contribution in [-0.4, -0.2) is 18.3 Å². The lowest BCUT2D eigenvalue weighted by Gasteiger charge is -2.39. The topological polar surface area (TPSA) is 51.5 Å². The maximum Gasteiger partial charge on any atom is 0.495 e. The summed E-state index contributed by atoms with van der Waals surface area (Å²) in [5, 5.41) is 9.99. The monoisotopic (exact) mass is 483 g/mol. The maximum absolute atomic E-state index is 9.99. The van der Waals surface area contributed by atoms with Crippen molar-refractivity contribution < 1.29 is 14.0 Å². The molecule has 1 saturated heterocycles. The molecular formula is C32H26BNO3. The second-order valence-corrected chi connectivity index (χ2v) is 11.0. The Morgan fingerprint density at radius 1 is 0.676 bits per heavy atom. The second-order valence-electron chi connectivity index (χ2n) is 11.0. The molecule has 1 unspecified atom stereocenters. The van der Waals surface area contributed by atoms with Crippen LogP contribution < -0.4 is 10.2 Å². The Hall–Kier alpha value is -3.85. The number of ether oxygens (including phenoxy) is 1. The molecule has 1 fully saturated rings. The van der Waals surface area contributed by atoms with Gasteiger partial charge >= 0.3 is 7.12 Å². The Bertz CT molecular complexity index is 1630. The highest BCUT2D eigenvalue weighted by Gasteiger charge is 2.56. The molecule has 2 heterocycles. The SMILES string of the molecule is CC1(C)OB(c2cccc3c2-c2ccccc2C32c3ccccc3Oc3c(C#N)cccc32)OC1(C)C. The second kappa shape index (κ2) is 7.35. The summed E-state index contributed by atoms with van der Waals surface area (Å²) < 4.78 is 19.5. The molecular weight excluding hydrogens is 457 g/mol. The molecule has 180 valence electrons. The fourth-order valence-corrected chi connectivity index (χ4v) is 6.25. The van der Waals surface area contributed by atoms with E-state index in [1.807, 2.05) is 24.3 Å². The minimum Gasteiger partial charge on any atom is -0.455 e. The van der Waals surface area contributed by atoms with Gasteiger partial charge in [0.05, 0.1) is 22.2 Å². The van der Waals surface area contributed by atoms with Crippen molar-refractivity contribution in [2.24, 2.45) is 0 Å². The smallest absolute Gasteiger partial charge is 0.455 e. The number of rotatable bonds is 1. The van der Waals surface area contributed by atoms with Gasteiger partial charge in [0.2, 0.25) is 0 Å². The standard InChI is InChI=1S/C32H26BNO3/c1-30(2)31(3,4)37-33(36-30)26-17-10-15-24-28(26)21-12-5-6-13-22(21)32(24)23-14-7-8-18-27(23)35-29-20(19-34)11-9-16-25(29)32/h5-18H,1-4H3. The van der Waals surface area contributed by atoms with E-state index in [1.54, 1.807) is 0 Å². The van der Waals surface area contributed by atoms with Crippen molar-refractivity contribution in [3.63, 3.8) is 0 Å². The largest absolute Gasteiger partial charge is 0.495 e. The number of hydrogen-bond donors (Lipinski definition) is 0. The Kier molecular flexibility index (Phi) is 4.44. The number of para-hydroxylation sites is 2. The maximum atomic E-state index is 9.99. The van der Waals surface area contributed by atoms with E-state index in [1.165, 1.54) is 5.56 Å². The summed E-state index contributed by atoms with van der Waals surface area (Å²) in [6.07, 6.45) is 0. The summed E-state index contributed by atoms with van der Waals surface area (Å²) in [7, 11) is -0.497. The van der Waals surface area contributed by atoms with Gasteiger partial charge in [0.1, 0.15) is 17.6 Å². The van der Waals surface area contributed by atoms with Crippen molar-refractivity contribution in [3.8, 4) is 28.7 Å². The molecule has 1 spiro atoms. The fourth-order valence-electron chi connectivity index (χ4n) is 6.25. The highest BCUT2D eigenvalue weighted by atomic mass is 16.7. The molecule has 0 radical (unpaired) electrons. The van der Waals surface area contributed by atoms with Gasteiger partial charge in [-0.2, -0.15) is 5.26 Å². The first kappa shape index (κ1) is 22.4. The van der Waals surface area contributed by atoms with Crippen LogP contribution in [0.5, 0.6) is 11.5 Å². The molecule has 0 amide bonds. The van der Waals surface area contributed by atoms with Gasteiger partial charge in [-0.1, -0.05) is 72.8 Å². The number of nitrogens with zero attached hydrogens (tertiary/aromatic N) is 1. The van der Waals surface area contributed by atoms with Crippen LogP contribution in [0, 0.1) is 11.3 Å². The van der Waals surface area contributed by atoms with Crippen molar-refractivity contribution in [3.05, 3.63) is 113 Å². The Labute approximate surface area is 217 Å².